The molecular weight excluding hydrogens is 546 g/mol. The summed E-state index contributed by atoms with van der Waals surface area (Å²) in [4.78, 5) is 39.8. The van der Waals surface area contributed by atoms with Crippen LogP contribution in [0.1, 0.15) is 42.8 Å². The lowest BCUT2D eigenvalue weighted by molar-refractivity contribution is -0.129. The summed E-state index contributed by atoms with van der Waals surface area (Å²) >= 11 is 7.32. The lowest BCUT2D eigenvalue weighted by atomic mass is 10.0. The first-order valence-electron chi connectivity index (χ1n) is 12.4. The van der Waals surface area contributed by atoms with Crippen molar-refractivity contribution in [1.29, 1.82) is 0 Å². The molecule has 8 nitrogen and oxygen atoms in total. The van der Waals surface area contributed by atoms with Crippen molar-refractivity contribution in [3.05, 3.63) is 64.5 Å². The van der Waals surface area contributed by atoms with E-state index in [1.165, 1.54) is 23.5 Å². The molecule has 38 heavy (non-hydrogen) atoms. The van der Waals surface area contributed by atoms with Crippen LogP contribution in [-0.4, -0.2) is 55.5 Å². The van der Waals surface area contributed by atoms with Crippen LogP contribution in [0.2, 0.25) is 5.02 Å². The Kier molecular flexibility index (Phi) is 8.87. The van der Waals surface area contributed by atoms with Gasteiger partial charge in [0.1, 0.15) is 6.04 Å². The van der Waals surface area contributed by atoms with Gasteiger partial charge in [0.15, 0.2) is 5.78 Å². The highest BCUT2D eigenvalue weighted by Crippen LogP contribution is 2.26. The van der Waals surface area contributed by atoms with Gasteiger partial charge < -0.3 is 10.6 Å². The standard InChI is InChI=1S/C27H30ClN3O5S2/c1-17(2)13-22(30-27(34)25-14-18-7-3-4-11-24(18)37-25)26(33)29-21-10-6-12-31(16-23(21)32)38(35,36)20-9-5-8-19(28)15-20/h3-5,7-9,11,14-15,17,21-22H,6,10,12-13,16H2,1-2H3,(H,29,33)(H,30,34)/t21?,22-/m0/s1. The molecule has 0 spiro atoms. The first kappa shape index (κ1) is 28.2. The lowest BCUT2D eigenvalue weighted by Gasteiger charge is -2.23. The Morgan fingerprint density at radius 2 is 1.89 bits per heavy atom. The largest absolute Gasteiger partial charge is 0.344 e. The van der Waals surface area contributed by atoms with E-state index in [9.17, 15) is 22.8 Å². The number of nitrogens with one attached hydrogen (secondary N) is 2. The van der Waals surface area contributed by atoms with E-state index in [4.69, 9.17) is 11.6 Å². The molecule has 3 aromatic rings. The van der Waals surface area contributed by atoms with Crippen molar-refractivity contribution in [2.24, 2.45) is 5.92 Å². The number of thiophene rings is 1. The summed E-state index contributed by atoms with van der Waals surface area (Å²) in [5, 5.41) is 6.85. The number of hydrogen-bond acceptors (Lipinski definition) is 6. The molecular formula is C27H30ClN3O5S2. The highest BCUT2D eigenvalue weighted by molar-refractivity contribution is 7.89. The van der Waals surface area contributed by atoms with Gasteiger partial charge in [-0.3, -0.25) is 14.4 Å². The Labute approximate surface area is 231 Å². The zero-order chi connectivity index (χ0) is 27.4. The van der Waals surface area contributed by atoms with Gasteiger partial charge in [-0.05, 0) is 60.9 Å². The lowest BCUT2D eigenvalue weighted by Crippen LogP contribution is -2.52. The Hall–Kier alpha value is -2.79. The molecule has 0 aliphatic carbocycles. The van der Waals surface area contributed by atoms with Gasteiger partial charge in [0.05, 0.1) is 22.4 Å². The maximum absolute atomic E-state index is 13.3. The van der Waals surface area contributed by atoms with E-state index in [1.54, 1.807) is 18.2 Å². The molecule has 0 bridgehead atoms. The molecule has 11 heteroatoms. The fourth-order valence-corrected chi connectivity index (χ4v) is 7.14. The maximum Gasteiger partial charge on any atom is 0.262 e. The molecule has 2 heterocycles. The van der Waals surface area contributed by atoms with E-state index in [2.05, 4.69) is 10.6 Å². The zero-order valence-corrected chi connectivity index (χ0v) is 23.5. The molecule has 1 fully saturated rings. The summed E-state index contributed by atoms with van der Waals surface area (Å²) in [5.74, 6) is -1.10. The second-order valence-corrected chi connectivity index (χ2v) is 13.2. The number of ketones is 1. The van der Waals surface area contributed by atoms with Gasteiger partial charge in [-0.25, -0.2) is 8.42 Å². The van der Waals surface area contributed by atoms with Crippen LogP contribution >= 0.6 is 22.9 Å². The van der Waals surface area contributed by atoms with Gasteiger partial charge in [-0.2, -0.15) is 4.31 Å². The Morgan fingerprint density at radius 1 is 1.13 bits per heavy atom. The highest BCUT2D eigenvalue weighted by atomic mass is 35.5. The molecule has 2 aromatic carbocycles. The molecule has 1 aromatic heterocycles. The Bertz CT molecular complexity index is 1420. The van der Waals surface area contributed by atoms with E-state index in [-0.39, 0.29) is 34.8 Å². The summed E-state index contributed by atoms with van der Waals surface area (Å²) in [6.45, 7) is 3.68. The number of carbonyl (C=O) groups excluding carboxylic acids is 3. The minimum atomic E-state index is -3.92. The van der Waals surface area contributed by atoms with Gasteiger partial charge in [0.25, 0.3) is 5.91 Å². The monoisotopic (exact) mass is 575 g/mol. The number of carbonyl (C=O) groups is 3. The Balaban J connectivity index is 1.44. The number of halogens is 1. The topological polar surface area (TPSA) is 113 Å². The second-order valence-electron chi connectivity index (χ2n) is 9.77. The number of rotatable bonds is 8. The number of fused-ring (bicyclic) bond motifs is 1. The van der Waals surface area contributed by atoms with E-state index < -0.39 is 33.8 Å². The van der Waals surface area contributed by atoms with Gasteiger partial charge in [-0.15, -0.1) is 11.3 Å². The predicted molar refractivity (Wildman–Crippen MR) is 149 cm³/mol. The van der Waals surface area contributed by atoms with E-state index in [0.717, 1.165) is 14.4 Å². The first-order chi connectivity index (χ1) is 18.0. The van der Waals surface area contributed by atoms with E-state index in [0.29, 0.717) is 24.1 Å². The molecule has 1 saturated heterocycles. The quantitative estimate of drug-likeness (QED) is 0.417. The minimum Gasteiger partial charge on any atom is -0.344 e. The maximum atomic E-state index is 13.3. The van der Waals surface area contributed by atoms with E-state index >= 15 is 0 Å². The van der Waals surface area contributed by atoms with Crippen molar-refractivity contribution in [3.63, 3.8) is 0 Å². The normalized spacial score (nSPS) is 17.8. The second kappa shape index (κ2) is 11.9. The number of nitrogens with zero attached hydrogens (tertiary/aromatic N) is 1. The fraction of sp³-hybridized carbons (Fsp3) is 0.370. The van der Waals surface area contributed by atoms with Crippen LogP contribution < -0.4 is 10.6 Å². The molecule has 0 radical (unpaired) electrons. The van der Waals surface area contributed by atoms with Gasteiger partial charge in [-0.1, -0.05) is 49.7 Å². The van der Waals surface area contributed by atoms with Crippen molar-refractivity contribution in [3.8, 4) is 0 Å². The predicted octanol–water partition coefficient (Wildman–Crippen LogP) is 4.24. The molecule has 2 atom stereocenters. The highest BCUT2D eigenvalue weighted by Gasteiger charge is 2.34. The molecule has 2 N–H and O–H groups in total. The summed E-state index contributed by atoms with van der Waals surface area (Å²) < 4.78 is 28.3. The van der Waals surface area contributed by atoms with Crippen LogP contribution in [0.25, 0.3) is 10.1 Å². The van der Waals surface area contributed by atoms with Crippen LogP contribution in [0, 0.1) is 5.92 Å². The number of sulfonamides is 1. The van der Waals surface area contributed by atoms with E-state index in [1.807, 2.05) is 38.1 Å². The van der Waals surface area contributed by atoms with Crippen molar-refractivity contribution >= 4 is 60.6 Å². The van der Waals surface area contributed by atoms with Crippen molar-refractivity contribution in [2.75, 3.05) is 13.1 Å². The number of amides is 2. The summed E-state index contributed by atoms with van der Waals surface area (Å²) in [5.41, 5.74) is 0. The van der Waals surface area contributed by atoms with Gasteiger partial charge in [0, 0.05) is 16.3 Å². The molecule has 4 rings (SSSR count). The van der Waals surface area contributed by atoms with Crippen LogP contribution in [0.4, 0.5) is 0 Å². The third-order valence-electron chi connectivity index (χ3n) is 6.35. The third-order valence-corrected chi connectivity index (χ3v) is 9.54. The molecule has 2 amide bonds. The number of hydrogen-bond donors (Lipinski definition) is 2. The molecule has 202 valence electrons. The van der Waals surface area contributed by atoms with Crippen LogP contribution in [0.5, 0.6) is 0 Å². The minimum absolute atomic E-state index is 0.0150. The van der Waals surface area contributed by atoms with Crippen molar-refractivity contribution in [1.82, 2.24) is 14.9 Å². The van der Waals surface area contributed by atoms with Crippen LogP contribution in [-0.2, 0) is 19.6 Å². The average molecular weight is 576 g/mol. The fourth-order valence-electron chi connectivity index (χ4n) is 4.43. The Morgan fingerprint density at radius 3 is 2.61 bits per heavy atom. The first-order valence-corrected chi connectivity index (χ1v) is 15.1. The zero-order valence-electron chi connectivity index (χ0n) is 21.1. The van der Waals surface area contributed by atoms with Gasteiger partial charge >= 0.3 is 0 Å². The molecule has 1 unspecified atom stereocenters. The summed E-state index contributed by atoms with van der Waals surface area (Å²) in [7, 11) is -3.92. The van der Waals surface area contributed by atoms with Crippen LogP contribution in [0.15, 0.2) is 59.5 Å². The van der Waals surface area contributed by atoms with Crippen molar-refractivity contribution in [2.45, 2.75) is 50.1 Å². The third kappa shape index (κ3) is 6.61. The smallest absolute Gasteiger partial charge is 0.262 e. The summed E-state index contributed by atoms with van der Waals surface area (Å²) in [6, 6.07) is 13.7. The van der Waals surface area contributed by atoms with Gasteiger partial charge in [0.2, 0.25) is 15.9 Å². The molecule has 1 aliphatic heterocycles. The van der Waals surface area contributed by atoms with Crippen LogP contribution in [0.3, 0.4) is 0 Å². The van der Waals surface area contributed by atoms with Crippen molar-refractivity contribution < 1.29 is 22.8 Å². The molecule has 1 aliphatic rings. The number of benzene rings is 2. The number of Topliss-reactive ketones (excluding diaryl/α,β-unsaturated/α-hetero) is 1. The molecule has 0 saturated carbocycles. The average Bonchev–Trinajstić information content (AvgIpc) is 3.22. The SMILES string of the molecule is CC(C)C[C@H](NC(=O)c1cc2ccccc2s1)C(=O)NC1CCCN(S(=O)(=O)c2cccc(Cl)c2)CC1=O. The summed E-state index contributed by atoms with van der Waals surface area (Å²) in [6.07, 6.45) is 1.07.